The van der Waals surface area contributed by atoms with Crippen molar-refractivity contribution in [2.45, 2.75) is 57.9 Å². The summed E-state index contributed by atoms with van der Waals surface area (Å²) in [6, 6.07) is 0.460. The quantitative estimate of drug-likeness (QED) is 0.892. The van der Waals surface area contributed by atoms with E-state index in [1.807, 2.05) is 0 Å². The van der Waals surface area contributed by atoms with Gasteiger partial charge in [-0.25, -0.2) is 0 Å². The minimum atomic E-state index is 0.460. The van der Waals surface area contributed by atoms with Crippen molar-refractivity contribution in [2.75, 3.05) is 7.05 Å². The van der Waals surface area contributed by atoms with Crippen LogP contribution in [0.25, 0.3) is 0 Å². The molecule has 1 heterocycles. The van der Waals surface area contributed by atoms with Crippen LogP contribution < -0.4 is 5.32 Å². The first-order valence-corrected chi connectivity index (χ1v) is 8.45. The highest BCUT2D eigenvalue weighted by molar-refractivity contribution is 7.05. The number of hydrogen-bond acceptors (Lipinski definition) is 4. The molecule has 1 aromatic rings. The molecule has 19 heavy (non-hydrogen) atoms. The molecule has 3 rings (SSSR count). The lowest BCUT2D eigenvalue weighted by molar-refractivity contribution is 0.285. The molecule has 0 aliphatic heterocycles. The van der Waals surface area contributed by atoms with E-state index in [4.69, 9.17) is 0 Å². The van der Waals surface area contributed by atoms with Crippen molar-refractivity contribution in [3.63, 3.8) is 0 Å². The summed E-state index contributed by atoms with van der Waals surface area (Å²) in [5.41, 5.74) is 1.20. The second-order valence-electron chi connectivity index (χ2n) is 6.69. The average Bonchev–Trinajstić information content (AvgIpc) is 3.10. The van der Waals surface area contributed by atoms with Gasteiger partial charge in [-0.05, 0) is 67.9 Å². The van der Waals surface area contributed by atoms with E-state index in [1.165, 1.54) is 42.7 Å². The van der Waals surface area contributed by atoms with E-state index in [0.717, 1.165) is 17.8 Å². The Morgan fingerprint density at radius 2 is 2.16 bits per heavy atom. The normalized spacial score (nSPS) is 31.3. The zero-order chi connectivity index (χ0) is 13.4. The summed E-state index contributed by atoms with van der Waals surface area (Å²) in [4.78, 5) is 1.38. The molecule has 0 radical (unpaired) electrons. The fourth-order valence-electron chi connectivity index (χ4n) is 4.17. The van der Waals surface area contributed by atoms with Crippen molar-refractivity contribution >= 4 is 11.5 Å². The van der Waals surface area contributed by atoms with Gasteiger partial charge in [0, 0.05) is 6.04 Å². The van der Waals surface area contributed by atoms with Crippen molar-refractivity contribution in [1.82, 2.24) is 14.9 Å². The van der Waals surface area contributed by atoms with Crippen LogP contribution in [0.1, 0.15) is 68.5 Å². The number of hydrogen-bond donors (Lipinski definition) is 1. The van der Waals surface area contributed by atoms with Crippen molar-refractivity contribution in [3.8, 4) is 0 Å². The highest BCUT2D eigenvalue weighted by atomic mass is 32.1. The fourth-order valence-corrected chi connectivity index (χ4v) is 5.10. The van der Waals surface area contributed by atoms with E-state index in [-0.39, 0.29) is 0 Å². The van der Waals surface area contributed by atoms with Gasteiger partial charge in [-0.3, -0.25) is 0 Å². The molecule has 2 aliphatic rings. The van der Waals surface area contributed by atoms with Crippen LogP contribution in [0.2, 0.25) is 0 Å². The summed E-state index contributed by atoms with van der Waals surface area (Å²) in [6.45, 7) is 4.43. The Balaban J connectivity index is 1.72. The van der Waals surface area contributed by atoms with Gasteiger partial charge in [-0.15, -0.1) is 5.10 Å². The van der Waals surface area contributed by atoms with Crippen LogP contribution in [0, 0.1) is 17.8 Å². The summed E-state index contributed by atoms with van der Waals surface area (Å²) in [5.74, 6) is 3.45. The summed E-state index contributed by atoms with van der Waals surface area (Å²) in [6.07, 6.45) is 7.21. The van der Waals surface area contributed by atoms with Crippen LogP contribution in [-0.4, -0.2) is 16.6 Å². The minimum Gasteiger partial charge on any atom is -0.312 e. The summed E-state index contributed by atoms with van der Waals surface area (Å²) in [5, 5.41) is 7.85. The Labute approximate surface area is 120 Å². The third-order valence-electron chi connectivity index (χ3n) is 5.18. The molecule has 0 aromatic carbocycles. The third kappa shape index (κ3) is 2.57. The first kappa shape index (κ1) is 13.5. The van der Waals surface area contributed by atoms with E-state index in [0.29, 0.717) is 12.0 Å². The van der Waals surface area contributed by atoms with E-state index in [1.54, 1.807) is 11.5 Å². The van der Waals surface area contributed by atoms with Gasteiger partial charge in [-0.2, -0.15) is 0 Å². The lowest BCUT2D eigenvalue weighted by atomic mass is 9.83. The van der Waals surface area contributed by atoms with Crippen molar-refractivity contribution in [2.24, 2.45) is 17.8 Å². The van der Waals surface area contributed by atoms with E-state index in [2.05, 4.69) is 35.8 Å². The maximum Gasteiger partial charge on any atom is 0.0829 e. The van der Waals surface area contributed by atoms with Crippen LogP contribution in [-0.2, 0) is 0 Å². The number of aromatic nitrogens is 2. The molecular weight excluding hydrogens is 254 g/mol. The topological polar surface area (TPSA) is 37.8 Å². The van der Waals surface area contributed by atoms with E-state index < -0.39 is 0 Å². The predicted octanol–water partition coefficient (Wildman–Crippen LogP) is 3.75. The summed E-state index contributed by atoms with van der Waals surface area (Å²) in [7, 11) is 2.09. The smallest absolute Gasteiger partial charge is 0.0829 e. The molecule has 2 saturated carbocycles. The first-order chi connectivity index (χ1) is 9.19. The number of fused-ring (bicyclic) bond motifs is 2. The zero-order valence-corrected chi connectivity index (χ0v) is 13.0. The molecule has 4 atom stereocenters. The van der Waals surface area contributed by atoms with Crippen LogP contribution >= 0.6 is 11.5 Å². The van der Waals surface area contributed by atoms with E-state index in [9.17, 15) is 0 Å². The Kier molecular flexibility index (Phi) is 3.90. The molecule has 0 spiro atoms. The Bertz CT molecular complexity index is 429. The molecule has 0 saturated heterocycles. The van der Waals surface area contributed by atoms with Crippen LogP contribution in [0.5, 0.6) is 0 Å². The minimum absolute atomic E-state index is 0.460. The maximum absolute atomic E-state index is 4.34. The SMILES string of the molecule is CNC(CC1CC2CCC1C2)c1snnc1C(C)C. The number of nitrogens with zero attached hydrogens (tertiary/aromatic N) is 2. The van der Waals surface area contributed by atoms with Gasteiger partial charge in [0.1, 0.15) is 0 Å². The molecule has 4 unspecified atom stereocenters. The largest absolute Gasteiger partial charge is 0.312 e. The number of nitrogens with one attached hydrogen (secondary N) is 1. The maximum atomic E-state index is 4.34. The van der Waals surface area contributed by atoms with Crippen LogP contribution in [0.3, 0.4) is 0 Å². The molecule has 1 aromatic heterocycles. The second-order valence-corrected chi connectivity index (χ2v) is 7.47. The lowest BCUT2D eigenvalue weighted by Gasteiger charge is -2.26. The van der Waals surface area contributed by atoms with Gasteiger partial charge in [0.15, 0.2) is 0 Å². The second kappa shape index (κ2) is 5.49. The van der Waals surface area contributed by atoms with Crippen molar-refractivity contribution in [1.29, 1.82) is 0 Å². The van der Waals surface area contributed by atoms with Crippen molar-refractivity contribution in [3.05, 3.63) is 10.6 Å². The third-order valence-corrected chi connectivity index (χ3v) is 6.03. The lowest BCUT2D eigenvalue weighted by Crippen LogP contribution is -2.23. The molecule has 1 N–H and O–H groups in total. The zero-order valence-electron chi connectivity index (χ0n) is 12.2. The van der Waals surface area contributed by atoms with Gasteiger partial charge in [0.2, 0.25) is 0 Å². The summed E-state index contributed by atoms with van der Waals surface area (Å²) >= 11 is 1.59. The molecular formula is C15H25N3S. The standard InChI is InChI=1S/C15H25N3S/c1-9(2)14-15(19-18-17-14)13(16-3)8-12-7-10-4-5-11(12)6-10/h9-13,16H,4-8H2,1-3H3. The van der Waals surface area contributed by atoms with Gasteiger partial charge >= 0.3 is 0 Å². The monoisotopic (exact) mass is 279 g/mol. The van der Waals surface area contributed by atoms with Gasteiger partial charge in [0.05, 0.1) is 10.6 Å². The Morgan fingerprint density at radius 3 is 2.74 bits per heavy atom. The molecule has 2 aliphatic carbocycles. The molecule has 2 fully saturated rings. The molecule has 2 bridgehead atoms. The predicted molar refractivity (Wildman–Crippen MR) is 79.4 cm³/mol. The van der Waals surface area contributed by atoms with Gasteiger partial charge in [0.25, 0.3) is 0 Å². The summed E-state index contributed by atoms with van der Waals surface area (Å²) < 4.78 is 4.19. The number of rotatable bonds is 5. The molecule has 3 nitrogen and oxygen atoms in total. The first-order valence-electron chi connectivity index (χ1n) is 7.68. The van der Waals surface area contributed by atoms with Crippen LogP contribution in [0.4, 0.5) is 0 Å². The Morgan fingerprint density at radius 1 is 1.32 bits per heavy atom. The highest BCUT2D eigenvalue weighted by Gasteiger charge is 2.40. The van der Waals surface area contributed by atoms with Gasteiger partial charge in [-0.1, -0.05) is 24.8 Å². The fraction of sp³-hybridized carbons (Fsp3) is 0.867. The molecule has 106 valence electrons. The van der Waals surface area contributed by atoms with Crippen molar-refractivity contribution < 1.29 is 0 Å². The highest BCUT2D eigenvalue weighted by Crippen LogP contribution is 2.51. The van der Waals surface area contributed by atoms with Gasteiger partial charge < -0.3 is 5.32 Å². The average molecular weight is 279 g/mol. The Hall–Kier alpha value is -0.480. The van der Waals surface area contributed by atoms with E-state index >= 15 is 0 Å². The molecule has 0 amide bonds. The van der Waals surface area contributed by atoms with Crippen LogP contribution in [0.15, 0.2) is 0 Å². The molecule has 4 heteroatoms.